The van der Waals surface area contributed by atoms with Gasteiger partial charge < -0.3 is 14.7 Å². The highest BCUT2D eigenvalue weighted by atomic mass is 16.5. The number of β-amino-alcohol motifs (C(OH)–C–C–N with tert-alkyl or cyclic N) is 1. The highest BCUT2D eigenvalue weighted by Gasteiger charge is 2.38. The van der Waals surface area contributed by atoms with Crippen molar-refractivity contribution in [2.45, 2.75) is 25.4 Å². The molecule has 0 bridgehead atoms. The largest absolute Gasteiger partial charge is 0.497 e. The normalized spacial score (nSPS) is 17.2. The quantitative estimate of drug-likeness (QED) is 0.873. The maximum absolute atomic E-state index is 11.8. The minimum absolute atomic E-state index is 0.101. The number of nitrogens with zero attached hydrogens (tertiary/aromatic N) is 1. The predicted molar refractivity (Wildman–Crippen MR) is 68.5 cm³/mol. The smallest absolute Gasteiger partial charge is 0.223 e. The summed E-state index contributed by atoms with van der Waals surface area (Å²) >= 11 is 0. The van der Waals surface area contributed by atoms with E-state index in [1.807, 2.05) is 24.3 Å². The summed E-state index contributed by atoms with van der Waals surface area (Å²) in [6.07, 6.45) is 1.18. The number of ether oxygens (including phenoxy) is 1. The lowest BCUT2D eigenvalue weighted by Gasteiger charge is -2.44. The van der Waals surface area contributed by atoms with Gasteiger partial charge in [-0.1, -0.05) is 12.1 Å². The van der Waals surface area contributed by atoms with E-state index < -0.39 is 5.60 Å². The van der Waals surface area contributed by atoms with Gasteiger partial charge in [0.1, 0.15) is 5.75 Å². The Kier molecular flexibility index (Phi) is 3.57. The van der Waals surface area contributed by atoms with E-state index in [4.69, 9.17) is 4.74 Å². The van der Waals surface area contributed by atoms with E-state index in [0.29, 0.717) is 25.9 Å². The van der Waals surface area contributed by atoms with Crippen LogP contribution in [0.15, 0.2) is 24.3 Å². The second-order valence-corrected chi connectivity index (χ2v) is 5.10. The van der Waals surface area contributed by atoms with E-state index in [9.17, 15) is 9.90 Å². The molecule has 0 radical (unpaired) electrons. The van der Waals surface area contributed by atoms with Crippen LogP contribution in [0.4, 0.5) is 0 Å². The molecule has 0 aromatic heterocycles. The van der Waals surface area contributed by atoms with Crippen LogP contribution in [0.25, 0.3) is 0 Å². The molecule has 0 unspecified atom stereocenters. The number of aryl methyl sites for hydroxylation is 1. The van der Waals surface area contributed by atoms with Gasteiger partial charge in [-0.05, 0) is 31.0 Å². The van der Waals surface area contributed by atoms with Crippen molar-refractivity contribution >= 4 is 5.91 Å². The van der Waals surface area contributed by atoms with Gasteiger partial charge in [0.25, 0.3) is 0 Å². The van der Waals surface area contributed by atoms with Gasteiger partial charge in [0.15, 0.2) is 0 Å². The molecule has 1 aromatic carbocycles. The third-order valence-electron chi connectivity index (χ3n) is 3.18. The van der Waals surface area contributed by atoms with E-state index in [1.54, 1.807) is 18.9 Å². The number of methoxy groups -OCH3 is 1. The van der Waals surface area contributed by atoms with Crippen molar-refractivity contribution in [3.05, 3.63) is 29.8 Å². The minimum Gasteiger partial charge on any atom is -0.497 e. The van der Waals surface area contributed by atoms with Gasteiger partial charge in [0, 0.05) is 6.42 Å². The minimum atomic E-state index is -0.689. The zero-order valence-electron chi connectivity index (χ0n) is 10.8. The summed E-state index contributed by atoms with van der Waals surface area (Å²) < 4.78 is 5.14. The fourth-order valence-corrected chi connectivity index (χ4v) is 2.19. The standard InChI is InChI=1S/C14H19NO3/c1-14(17)9-15(10-14)13(16)7-6-11-4-3-5-12(8-11)18-2/h3-5,8,17H,6-7,9-10H2,1-2H3. The van der Waals surface area contributed by atoms with E-state index >= 15 is 0 Å². The number of aliphatic hydroxyl groups is 1. The number of benzene rings is 1. The molecule has 4 nitrogen and oxygen atoms in total. The molecule has 98 valence electrons. The van der Waals surface area contributed by atoms with Crippen molar-refractivity contribution in [2.75, 3.05) is 20.2 Å². The fourth-order valence-electron chi connectivity index (χ4n) is 2.19. The maximum Gasteiger partial charge on any atom is 0.223 e. The van der Waals surface area contributed by atoms with E-state index in [0.717, 1.165) is 11.3 Å². The van der Waals surface area contributed by atoms with Gasteiger partial charge in [-0.15, -0.1) is 0 Å². The molecular formula is C14H19NO3. The highest BCUT2D eigenvalue weighted by Crippen LogP contribution is 2.21. The summed E-state index contributed by atoms with van der Waals surface area (Å²) in [6.45, 7) is 2.65. The predicted octanol–water partition coefficient (Wildman–Crippen LogP) is 1.22. The van der Waals surface area contributed by atoms with Crippen LogP contribution in [-0.2, 0) is 11.2 Å². The molecule has 1 aliphatic heterocycles. The molecule has 18 heavy (non-hydrogen) atoms. The molecule has 0 spiro atoms. The van der Waals surface area contributed by atoms with E-state index in [-0.39, 0.29) is 5.91 Å². The molecule has 1 aromatic rings. The molecule has 0 saturated carbocycles. The number of hydrogen-bond acceptors (Lipinski definition) is 3. The number of amides is 1. The van der Waals surface area contributed by atoms with Crippen LogP contribution < -0.4 is 4.74 Å². The summed E-state index contributed by atoms with van der Waals surface area (Å²) in [5.41, 5.74) is 0.404. The lowest BCUT2D eigenvalue weighted by molar-refractivity contribution is -0.152. The lowest BCUT2D eigenvalue weighted by atomic mass is 9.96. The Morgan fingerprint density at radius 3 is 2.83 bits per heavy atom. The van der Waals surface area contributed by atoms with Gasteiger partial charge >= 0.3 is 0 Å². The third-order valence-corrected chi connectivity index (χ3v) is 3.18. The first-order valence-electron chi connectivity index (χ1n) is 6.13. The summed E-state index contributed by atoms with van der Waals surface area (Å²) in [4.78, 5) is 13.5. The maximum atomic E-state index is 11.8. The van der Waals surface area contributed by atoms with Gasteiger partial charge in [-0.2, -0.15) is 0 Å². The van der Waals surface area contributed by atoms with Crippen LogP contribution in [0.5, 0.6) is 5.75 Å². The first-order valence-corrected chi connectivity index (χ1v) is 6.13. The Hall–Kier alpha value is -1.55. The highest BCUT2D eigenvalue weighted by molar-refractivity contribution is 5.77. The van der Waals surface area contributed by atoms with E-state index in [1.165, 1.54) is 0 Å². The Balaban J connectivity index is 1.82. The van der Waals surface area contributed by atoms with Crippen molar-refractivity contribution in [3.8, 4) is 5.75 Å². The Labute approximate surface area is 107 Å². The fraction of sp³-hybridized carbons (Fsp3) is 0.500. The second-order valence-electron chi connectivity index (χ2n) is 5.10. The first kappa shape index (κ1) is 12.9. The third kappa shape index (κ3) is 3.01. The number of hydrogen-bond donors (Lipinski definition) is 1. The number of carbonyl (C=O) groups excluding carboxylic acids is 1. The molecule has 1 aliphatic rings. The van der Waals surface area contributed by atoms with Crippen molar-refractivity contribution in [2.24, 2.45) is 0 Å². The average molecular weight is 249 g/mol. The molecule has 4 heteroatoms. The van der Waals surface area contributed by atoms with Crippen LogP contribution in [0.2, 0.25) is 0 Å². The SMILES string of the molecule is COc1cccc(CCC(=O)N2CC(C)(O)C2)c1. The average Bonchev–Trinajstić information content (AvgIpc) is 2.33. The lowest BCUT2D eigenvalue weighted by Crippen LogP contribution is -2.61. The van der Waals surface area contributed by atoms with Crippen LogP contribution in [-0.4, -0.2) is 41.7 Å². The van der Waals surface area contributed by atoms with E-state index in [2.05, 4.69) is 0 Å². The van der Waals surface area contributed by atoms with Crippen molar-refractivity contribution in [1.82, 2.24) is 4.90 Å². The van der Waals surface area contributed by atoms with Gasteiger partial charge in [-0.25, -0.2) is 0 Å². The molecule has 1 heterocycles. The molecule has 1 saturated heterocycles. The number of rotatable bonds is 4. The zero-order valence-corrected chi connectivity index (χ0v) is 10.8. The number of likely N-dealkylation sites (tertiary alicyclic amines) is 1. The number of carbonyl (C=O) groups is 1. The van der Waals surface area contributed by atoms with Crippen molar-refractivity contribution in [1.29, 1.82) is 0 Å². The molecule has 0 aliphatic carbocycles. The summed E-state index contributed by atoms with van der Waals surface area (Å²) in [5, 5.41) is 9.58. The summed E-state index contributed by atoms with van der Waals surface area (Å²) in [5.74, 6) is 0.913. The zero-order chi connectivity index (χ0) is 13.2. The topological polar surface area (TPSA) is 49.8 Å². The monoisotopic (exact) mass is 249 g/mol. The van der Waals surface area contributed by atoms with Crippen LogP contribution >= 0.6 is 0 Å². The van der Waals surface area contributed by atoms with Crippen molar-refractivity contribution in [3.63, 3.8) is 0 Å². The second kappa shape index (κ2) is 4.98. The Morgan fingerprint density at radius 1 is 1.50 bits per heavy atom. The van der Waals surface area contributed by atoms with Crippen LogP contribution in [0, 0.1) is 0 Å². The molecule has 1 fully saturated rings. The van der Waals surface area contributed by atoms with Gasteiger partial charge in [0.05, 0.1) is 25.8 Å². The molecule has 1 amide bonds. The summed E-state index contributed by atoms with van der Waals surface area (Å²) in [7, 11) is 1.63. The molecular weight excluding hydrogens is 230 g/mol. The van der Waals surface area contributed by atoms with Crippen LogP contribution in [0.1, 0.15) is 18.9 Å². The molecule has 2 rings (SSSR count). The first-order chi connectivity index (χ1) is 8.50. The molecule has 0 atom stereocenters. The van der Waals surface area contributed by atoms with Gasteiger partial charge in [-0.3, -0.25) is 4.79 Å². The Morgan fingerprint density at radius 2 is 2.22 bits per heavy atom. The van der Waals surface area contributed by atoms with Gasteiger partial charge in [0.2, 0.25) is 5.91 Å². The summed E-state index contributed by atoms with van der Waals surface area (Å²) in [6, 6.07) is 7.74. The van der Waals surface area contributed by atoms with Crippen LogP contribution in [0.3, 0.4) is 0 Å². The van der Waals surface area contributed by atoms with Crippen molar-refractivity contribution < 1.29 is 14.6 Å². The molecule has 1 N–H and O–H groups in total. The Bertz CT molecular complexity index is 434.